The van der Waals surface area contributed by atoms with Crippen LogP contribution >= 0.6 is 11.3 Å². The molecule has 1 aromatic heterocycles. The number of aryl methyl sites for hydroxylation is 1. The molecule has 148 valence electrons. The van der Waals surface area contributed by atoms with Crippen molar-refractivity contribution < 1.29 is 14.3 Å². The smallest absolute Gasteiger partial charge is 0.265 e. The fourth-order valence-electron chi connectivity index (χ4n) is 2.97. The molecule has 0 radical (unpaired) electrons. The first-order valence-electron chi connectivity index (χ1n) is 9.50. The van der Waals surface area contributed by atoms with E-state index in [-0.39, 0.29) is 11.8 Å². The van der Waals surface area contributed by atoms with Crippen molar-refractivity contribution in [3.8, 4) is 16.2 Å². The molecule has 1 aliphatic rings. The molecule has 2 amide bonds. The Labute approximate surface area is 173 Å². The Kier molecular flexibility index (Phi) is 5.36. The SMILES string of the molecule is COc1cccc(-c2ccc(C(=O)Nc3cc(C(=O)NC4CC4)ccc3C)s2)c1. The van der Waals surface area contributed by atoms with E-state index in [0.29, 0.717) is 22.2 Å². The predicted octanol–water partition coefficient (Wildman–Crippen LogP) is 4.88. The molecule has 1 heterocycles. The van der Waals surface area contributed by atoms with E-state index in [1.165, 1.54) is 11.3 Å². The number of nitrogens with one attached hydrogen (secondary N) is 2. The summed E-state index contributed by atoms with van der Waals surface area (Å²) < 4.78 is 5.27. The van der Waals surface area contributed by atoms with E-state index in [4.69, 9.17) is 4.74 Å². The Balaban J connectivity index is 1.50. The molecule has 2 N–H and O–H groups in total. The lowest BCUT2D eigenvalue weighted by atomic mass is 10.1. The van der Waals surface area contributed by atoms with E-state index in [2.05, 4.69) is 10.6 Å². The van der Waals surface area contributed by atoms with Crippen molar-refractivity contribution in [1.82, 2.24) is 5.32 Å². The molecule has 0 spiro atoms. The molecular weight excluding hydrogens is 384 g/mol. The van der Waals surface area contributed by atoms with Gasteiger partial charge in [-0.05, 0) is 67.3 Å². The number of anilines is 1. The van der Waals surface area contributed by atoms with Crippen molar-refractivity contribution in [1.29, 1.82) is 0 Å². The van der Waals surface area contributed by atoms with E-state index < -0.39 is 0 Å². The van der Waals surface area contributed by atoms with Gasteiger partial charge in [0.05, 0.1) is 12.0 Å². The van der Waals surface area contributed by atoms with Gasteiger partial charge in [-0.2, -0.15) is 0 Å². The Bertz CT molecular complexity index is 1070. The first-order chi connectivity index (χ1) is 14.0. The third-order valence-electron chi connectivity index (χ3n) is 4.84. The summed E-state index contributed by atoms with van der Waals surface area (Å²) in [5.41, 5.74) is 3.12. The van der Waals surface area contributed by atoms with Gasteiger partial charge in [0.2, 0.25) is 0 Å². The molecular formula is C23H22N2O3S. The van der Waals surface area contributed by atoms with E-state index in [1.807, 2.05) is 49.4 Å². The number of ether oxygens (including phenoxy) is 1. The van der Waals surface area contributed by atoms with Gasteiger partial charge in [-0.15, -0.1) is 11.3 Å². The molecule has 0 atom stereocenters. The normalized spacial score (nSPS) is 13.0. The zero-order valence-corrected chi connectivity index (χ0v) is 17.1. The Morgan fingerprint density at radius 2 is 1.86 bits per heavy atom. The molecule has 4 rings (SSSR count). The largest absolute Gasteiger partial charge is 0.497 e. The van der Waals surface area contributed by atoms with Crippen molar-refractivity contribution >= 4 is 28.8 Å². The van der Waals surface area contributed by atoms with Crippen molar-refractivity contribution in [3.05, 3.63) is 70.6 Å². The number of hydrogen-bond acceptors (Lipinski definition) is 4. The van der Waals surface area contributed by atoms with Crippen molar-refractivity contribution in [2.45, 2.75) is 25.8 Å². The second-order valence-electron chi connectivity index (χ2n) is 7.13. The quantitative estimate of drug-likeness (QED) is 0.613. The number of thiophene rings is 1. The fraction of sp³-hybridized carbons (Fsp3) is 0.217. The second-order valence-corrected chi connectivity index (χ2v) is 8.21. The molecule has 0 saturated heterocycles. The topological polar surface area (TPSA) is 67.4 Å². The summed E-state index contributed by atoms with van der Waals surface area (Å²) in [7, 11) is 1.63. The van der Waals surface area contributed by atoms with E-state index in [9.17, 15) is 9.59 Å². The van der Waals surface area contributed by atoms with Gasteiger partial charge in [0.25, 0.3) is 11.8 Å². The zero-order chi connectivity index (χ0) is 20.4. The highest BCUT2D eigenvalue weighted by molar-refractivity contribution is 7.17. The first-order valence-corrected chi connectivity index (χ1v) is 10.3. The number of rotatable bonds is 6. The van der Waals surface area contributed by atoms with Crippen LogP contribution in [0.2, 0.25) is 0 Å². The molecule has 5 nitrogen and oxygen atoms in total. The molecule has 2 aromatic carbocycles. The maximum atomic E-state index is 12.8. The monoisotopic (exact) mass is 406 g/mol. The number of amides is 2. The molecule has 29 heavy (non-hydrogen) atoms. The third kappa shape index (κ3) is 4.49. The molecule has 1 fully saturated rings. The van der Waals surface area contributed by atoms with Crippen LogP contribution in [0.5, 0.6) is 5.75 Å². The molecule has 6 heteroatoms. The molecule has 0 bridgehead atoms. The van der Waals surface area contributed by atoms with E-state index in [1.54, 1.807) is 19.2 Å². The maximum Gasteiger partial charge on any atom is 0.265 e. The highest BCUT2D eigenvalue weighted by Gasteiger charge is 2.24. The van der Waals surface area contributed by atoms with Crippen LogP contribution in [-0.4, -0.2) is 25.0 Å². The number of hydrogen-bond donors (Lipinski definition) is 2. The zero-order valence-electron chi connectivity index (χ0n) is 16.3. The van der Waals surface area contributed by atoms with Crippen molar-refractivity contribution in [2.24, 2.45) is 0 Å². The molecule has 1 aliphatic carbocycles. The first kappa shape index (κ1) is 19.2. The van der Waals surface area contributed by atoms with Gasteiger partial charge in [0, 0.05) is 22.2 Å². The Morgan fingerprint density at radius 1 is 1.03 bits per heavy atom. The average molecular weight is 407 g/mol. The van der Waals surface area contributed by atoms with E-state index in [0.717, 1.165) is 34.6 Å². The summed E-state index contributed by atoms with van der Waals surface area (Å²) in [5, 5.41) is 5.92. The number of carbonyl (C=O) groups excluding carboxylic acids is 2. The van der Waals surface area contributed by atoms with Gasteiger partial charge >= 0.3 is 0 Å². The molecule has 0 unspecified atom stereocenters. The predicted molar refractivity (Wildman–Crippen MR) is 116 cm³/mol. The van der Waals surface area contributed by atoms with Crippen LogP contribution < -0.4 is 15.4 Å². The fourth-order valence-corrected chi connectivity index (χ4v) is 3.87. The minimum atomic E-state index is -0.188. The number of carbonyl (C=O) groups is 2. The average Bonchev–Trinajstić information content (AvgIpc) is 3.40. The van der Waals surface area contributed by atoms with Crippen LogP contribution in [0.3, 0.4) is 0 Å². The summed E-state index contributed by atoms with van der Waals surface area (Å²) in [5.74, 6) is 0.491. The number of methoxy groups -OCH3 is 1. The van der Waals surface area contributed by atoms with Crippen LogP contribution in [0, 0.1) is 6.92 Å². The van der Waals surface area contributed by atoms with Gasteiger partial charge in [-0.3, -0.25) is 9.59 Å². The minimum Gasteiger partial charge on any atom is -0.497 e. The van der Waals surface area contributed by atoms with Crippen LogP contribution in [0.1, 0.15) is 38.4 Å². The molecule has 3 aromatic rings. The maximum absolute atomic E-state index is 12.8. The summed E-state index contributed by atoms with van der Waals surface area (Å²) in [4.78, 5) is 26.7. The lowest BCUT2D eigenvalue weighted by molar-refractivity contribution is 0.0949. The molecule has 0 aliphatic heterocycles. The Morgan fingerprint density at radius 3 is 2.62 bits per heavy atom. The third-order valence-corrected chi connectivity index (χ3v) is 5.98. The van der Waals surface area contributed by atoms with Gasteiger partial charge < -0.3 is 15.4 Å². The van der Waals surface area contributed by atoms with Gasteiger partial charge in [0.15, 0.2) is 0 Å². The summed E-state index contributed by atoms with van der Waals surface area (Å²) in [6.45, 7) is 1.91. The molecule has 1 saturated carbocycles. The van der Waals surface area contributed by atoms with E-state index >= 15 is 0 Å². The summed E-state index contributed by atoms with van der Waals surface area (Å²) in [6.07, 6.45) is 2.07. The summed E-state index contributed by atoms with van der Waals surface area (Å²) in [6, 6.07) is 17.2. The van der Waals surface area contributed by atoms with Gasteiger partial charge in [0.1, 0.15) is 5.75 Å². The standard InChI is InChI=1S/C23H22N2O3S/c1-14-6-7-16(22(26)24-17-8-9-17)13-19(14)25-23(27)21-11-10-20(29-21)15-4-3-5-18(12-15)28-2/h3-7,10-13,17H,8-9H2,1-2H3,(H,24,26)(H,25,27). The van der Waals surface area contributed by atoms with Crippen molar-refractivity contribution in [3.63, 3.8) is 0 Å². The van der Waals surface area contributed by atoms with Crippen LogP contribution in [0.25, 0.3) is 10.4 Å². The van der Waals surface area contributed by atoms with Crippen LogP contribution in [-0.2, 0) is 0 Å². The second kappa shape index (κ2) is 8.09. The number of benzene rings is 2. The highest BCUT2D eigenvalue weighted by atomic mass is 32.1. The Hall–Kier alpha value is -3.12. The highest BCUT2D eigenvalue weighted by Crippen LogP contribution is 2.31. The summed E-state index contributed by atoms with van der Waals surface area (Å²) >= 11 is 1.42. The van der Waals surface area contributed by atoms with Gasteiger partial charge in [-0.25, -0.2) is 0 Å². The lowest BCUT2D eigenvalue weighted by Crippen LogP contribution is -2.25. The van der Waals surface area contributed by atoms with Crippen LogP contribution in [0.4, 0.5) is 5.69 Å². The van der Waals surface area contributed by atoms with Crippen molar-refractivity contribution in [2.75, 3.05) is 12.4 Å². The van der Waals surface area contributed by atoms with Crippen LogP contribution in [0.15, 0.2) is 54.6 Å². The lowest BCUT2D eigenvalue weighted by Gasteiger charge is -2.10. The minimum absolute atomic E-state index is 0.0977. The van der Waals surface area contributed by atoms with Gasteiger partial charge in [-0.1, -0.05) is 18.2 Å².